The second-order valence-corrected chi connectivity index (χ2v) is 4.46. The zero-order chi connectivity index (χ0) is 11.1. The average Bonchev–Trinajstić information content (AvgIpc) is 2.15. The molecule has 82 valence electrons. The fourth-order valence-corrected chi connectivity index (χ4v) is 2.21. The number of fused-ring (bicyclic) bond motifs is 1. The number of benzene rings is 1. The van der Waals surface area contributed by atoms with Gasteiger partial charge in [0.2, 0.25) is 0 Å². The third kappa shape index (κ3) is 2.12. The van der Waals surface area contributed by atoms with Crippen molar-refractivity contribution < 1.29 is 13.2 Å². The Labute approximate surface area is 93.8 Å². The third-order valence-electron chi connectivity index (χ3n) is 2.53. The molecular weight excluding hydrogens is 271 g/mol. The number of hydrogen-bond acceptors (Lipinski definition) is 1. The highest BCUT2D eigenvalue weighted by Crippen LogP contribution is 2.43. The molecule has 0 aromatic heterocycles. The van der Waals surface area contributed by atoms with Crippen LogP contribution < -0.4 is 5.32 Å². The molecule has 1 aromatic rings. The van der Waals surface area contributed by atoms with Crippen LogP contribution in [0.1, 0.15) is 17.9 Å². The molecule has 1 aliphatic rings. The topological polar surface area (TPSA) is 12.0 Å². The second kappa shape index (κ2) is 3.70. The van der Waals surface area contributed by atoms with E-state index >= 15 is 0 Å². The van der Waals surface area contributed by atoms with Gasteiger partial charge in [0.25, 0.3) is 0 Å². The van der Waals surface area contributed by atoms with Crippen molar-refractivity contribution >= 4 is 21.6 Å². The molecule has 1 heterocycles. The third-order valence-corrected chi connectivity index (χ3v) is 3.03. The van der Waals surface area contributed by atoms with Gasteiger partial charge in [-0.05, 0) is 30.2 Å². The van der Waals surface area contributed by atoms with Crippen LogP contribution in [0, 0.1) is 0 Å². The average molecular weight is 280 g/mol. The smallest absolute Gasteiger partial charge is 0.385 e. The molecule has 1 nitrogen and oxygen atoms in total. The highest BCUT2D eigenvalue weighted by Gasteiger charge is 2.42. The minimum absolute atomic E-state index is 0.104. The predicted octanol–water partition coefficient (Wildman–Crippen LogP) is 3.91. The van der Waals surface area contributed by atoms with Gasteiger partial charge in [-0.3, -0.25) is 0 Å². The lowest BCUT2D eigenvalue weighted by Crippen LogP contribution is -2.28. The minimum Gasteiger partial charge on any atom is -0.385 e. The second-order valence-electron chi connectivity index (χ2n) is 3.54. The fourth-order valence-electron chi connectivity index (χ4n) is 1.83. The van der Waals surface area contributed by atoms with Gasteiger partial charge in [0.1, 0.15) is 0 Å². The van der Waals surface area contributed by atoms with Gasteiger partial charge in [-0.2, -0.15) is 13.2 Å². The van der Waals surface area contributed by atoms with Crippen molar-refractivity contribution in [1.82, 2.24) is 0 Å². The molecule has 0 spiro atoms. The van der Waals surface area contributed by atoms with Crippen molar-refractivity contribution in [3.8, 4) is 0 Å². The van der Waals surface area contributed by atoms with Crippen molar-refractivity contribution in [2.24, 2.45) is 0 Å². The monoisotopic (exact) mass is 279 g/mol. The van der Waals surface area contributed by atoms with Gasteiger partial charge in [0.05, 0.1) is 5.92 Å². The van der Waals surface area contributed by atoms with Crippen molar-refractivity contribution in [3.05, 3.63) is 28.2 Å². The van der Waals surface area contributed by atoms with Gasteiger partial charge in [-0.1, -0.05) is 15.9 Å². The first-order chi connectivity index (χ1) is 6.98. The van der Waals surface area contributed by atoms with E-state index < -0.39 is 12.1 Å². The minimum atomic E-state index is -4.16. The molecule has 15 heavy (non-hydrogen) atoms. The Morgan fingerprint density at radius 1 is 1.33 bits per heavy atom. The molecule has 0 amide bonds. The maximum absolute atomic E-state index is 12.7. The number of alkyl halides is 3. The lowest BCUT2D eigenvalue weighted by atomic mass is 9.90. The summed E-state index contributed by atoms with van der Waals surface area (Å²) in [5.41, 5.74) is 0.926. The summed E-state index contributed by atoms with van der Waals surface area (Å²) < 4.78 is 38.8. The number of hydrogen-bond donors (Lipinski definition) is 1. The van der Waals surface area contributed by atoms with E-state index in [4.69, 9.17) is 0 Å². The summed E-state index contributed by atoms with van der Waals surface area (Å²) >= 11 is 3.19. The normalized spacial score (nSPS) is 20.7. The van der Waals surface area contributed by atoms with Crippen molar-refractivity contribution in [1.29, 1.82) is 0 Å². The number of anilines is 1. The molecule has 0 saturated heterocycles. The molecule has 0 aliphatic carbocycles. The first kappa shape index (κ1) is 10.8. The molecule has 0 bridgehead atoms. The van der Waals surface area contributed by atoms with E-state index in [1.807, 2.05) is 0 Å². The van der Waals surface area contributed by atoms with Crippen LogP contribution in [0.25, 0.3) is 0 Å². The quantitative estimate of drug-likeness (QED) is 0.759. The van der Waals surface area contributed by atoms with E-state index in [-0.39, 0.29) is 6.42 Å². The van der Waals surface area contributed by atoms with Crippen molar-refractivity contribution in [2.45, 2.75) is 18.5 Å². The van der Waals surface area contributed by atoms with Gasteiger partial charge in [-0.25, -0.2) is 0 Å². The van der Waals surface area contributed by atoms with Crippen LogP contribution in [-0.2, 0) is 0 Å². The lowest BCUT2D eigenvalue weighted by molar-refractivity contribution is -0.151. The Kier molecular flexibility index (Phi) is 2.66. The van der Waals surface area contributed by atoms with Crippen molar-refractivity contribution in [3.63, 3.8) is 0 Å². The molecule has 5 heteroatoms. The van der Waals surface area contributed by atoms with E-state index in [1.165, 1.54) is 0 Å². The molecule has 0 saturated carbocycles. The zero-order valence-corrected chi connectivity index (χ0v) is 9.32. The highest BCUT2D eigenvalue weighted by atomic mass is 79.9. The molecule has 1 N–H and O–H groups in total. The molecule has 1 unspecified atom stereocenters. The largest absolute Gasteiger partial charge is 0.395 e. The van der Waals surface area contributed by atoms with Gasteiger partial charge < -0.3 is 5.32 Å². The Bertz CT molecular complexity index is 375. The highest BCUT2D eigenvalue weighted by molar-refractivity contribution is 9.10. The van der Waals surface area contributed by atoms with Gasteiger partial charge in [-0.15, -0.1) is 0 Å². The molecule has 1 aromatic carbocycles. The summed E-state index contributed by atoms with van der Waals surface area (Å²) in [4.78, 5) is 0. The first-order valence-corrected chi connectivity index (χ1v) is 5.38. The van der Waals surface area contributed by atoms with Gasteiger partial charge >= 0.3 is 6.18 Å². The van der Waals surface area contributed by atoms with Crippen LogP contribution in [0.2, 0.25) is 0 Å². The van der Waals surface area contributed by atoms with Crippen LogP contribution in [0.5, 0.6) is 0 Å². The molecule has 0 fully saturated rings. The number of rotatable bonds is 0. The molecule has 0 radical (unpaired) electrons. The SMILES string of the molecule is FC(F)(F)C1CCNc2ccc(Br)cc21. The standard InChI is InChI=1S/C10H9BrF3N/c11-6-1-2-9-7(5-6)8(3-4-15-9)10(12,13)14/h1-2,5,8,15H,3-4H2. The molecule has 1 aliphatic heterocycles. The Hall–Kier alpha value is -0.710. The Balaban J connectivity index is 2.45. The predicted molar refractivity (Wildman–Crippen MR) is 56.0 cm³/mol. The fraction of sp³-hybridized carbons (Fsp3) is 0.400. The summed E-state index contributed by atoms with van der Waals surface area (Å²) in [5.74, 6) is -1.34. The molecule has 2 rings (SSSR count). The van der Waals surface area contributed by atoms with Crippen LogP contribution in [0.4, 0.5) is 18.9 Å². The maximum Gasteiger partial charge on any atom is 0.395 e. The zero-order valence-electron chi connectivity index (χ0n) is 7.74. The Morgan fingerprint density at radius 3 is 2.73 bits per heavy atom. The summed E-state index contributed by atoms with van der Waals surface area (Å²) in [5, 5.41) is 2.97. The summed E-state index contributed by atoms with van der Waals surface area (Å²) in [7, 11) is 0. The summed E-state index contributed by atoms with van der Waals surface area (Å²) in [6.07, 6.45) is -4.05. The summed E-state index contributed by atoms with van der Waals surface area (Å²) in [6, 6.07) is 4.96. The van der Waals surface area contributed by atoms with Gasteiger partial charge in [0, 0.05) is 16.7 Å². The van der Waals surface area contributed by atoms with E-state index in [0.717, 1.165) is 0 Å². The van der Waals surface area contributed by atoms with Gasteiger partial charge in [0.15, 0.2) is 0 Å². The van der Waals surface area contributed by atoms with Crippen LogP contribution in [-0.4, -0.2) is 12.7 Å². The first-order valence-electron chi connectivity index (χ1n) is 4.58. The van der Waals surface area contributed by atoms with E-state index in [9.17, 15) is 13.2 Å². The number of nitrogens with one attached hydrogen (secondary N) is 1. The maximum atomic E-state index is 12.7. The van der Waals surface area contributed by atoms with Crippen molar-refractivity contribution in [2.75, 3.05) is 11.9 Å². The Morgan fingerprint density at radius 2 is 2.07 bits per heavy atom. The van der Waals surface area contributed by atoms with E-state index in [0.29, 0.717) is 22.3 Å². The van der Waals surface area contributed by atoms with Crippen LogP contribution in [0.15, 0.2) is 22.7 Å². The van der Waals surface area contributed by atoms with Crippen LogP contribution >= 0.6 is 15.9 Å². The van der Waals surface area contributed by atoms with E-state index in [2.05, 4.69) is 21.2 Å². The van der Waals surface area contributed by atoms with E-state index in [1.54, 1.807) is 18.2 Å². The number of halogens is 4. The lowest BCUT2D eigenvalue weighted by Gasteiger charge is -2.28. The molecular formula is C10H9BrF3N. The summed E-state index contributed by atoms with van der Waals surface area (Å²) in [6.45, 7) is 0.374. The van der Waals surface area contributed by atoms with Crippen LogP contribution in [0.3, 0.4) is 0 Å². The molecule has 1 atom stereocenters.